The zero-order chi connectivity index (χ0) is 22.0. The maximum absolute atomic E-state index is 13.8. The number of rotatable bonds is 5. The fraction of sp³-hybridized carbons (Fsp3) is 0.348. The first kappa shape index (κ1) is 21.0. The van der Waals surface area contributed by atoms with Gasteiger partial charge < -0.3 is 4.90 Å². The topological polar surface area (TPSA) is 71.0 Å². The number of para-hydroxylation sites is 1. The Morgan fingerprint density at radius 1 is 1.16 bits per heavy atom. The van der Waals surface area contributed by atoms with Gasteiger partial charge in [0, 0.05) is 25.6 Å². The molecule has 0 radical (unpaired) electrons. The monoisotopic (exact) mass is 426 g/mol. The molecule has 1 amide bonds. The van der Waals surface area contributed by atoms with Crippen LogP contribution in [0.1, 0.15) is 29.8 Å². The average Bonchev–Trinajstić information content (AvgIpc) is 3.11. The summed E-state index contributed by atoms with van der Waals surface area (Å²) in [5.41, 5.74) is 1.73. The lowest BCUT2D eigenvalue weighted by Crippen LogP contribution is -2.40. The van der Waals surface area contributed by atoms with Crippen molar-refractivity contribution < 1.29 is 13.6 Å². The Kier molecular flexibility index (Phi) is 5.97. The fourth-order valence-corrected chi connectivity index (χ4v) is 4.11. The standard InChI is InChI=1S/C23H24F2N4O2/c1-15-4-2-3-5-20(15)29-21(26-27-23(29)31)12-16-8-10-28(11-9-16)22(30)13-17-6-7-18(24)14-19(17)25/h2-7,14,16H,8-13H2,1H3,(H,27,31). The molecule has 6 nitrogen and oxygen atoms in total. The normalized spacial score (nSPS) is 14.7. The molecule has 0 bridgehead atoms. The maximum atomic E-state index is 13.8. The molecule has 4 rings (SSSR count). The molecule has 1 aromatic heterocycles. The molecule has 0 saturated carbocycles. The number of hydrogen-bond acceptors (Lipinski definition) is 3. The van der Waals surface area contributed by atoms with Gasteiger partial charge in [-0.05, 0) is 48.9 Å². The van der Waals surface area contributed by atoms with E-state index in [1.807, 2.05) is 31.2 Å². The van der Waals surface area contributed by atoms with Crippen molar-refractivity contribution in [1.82, 2.24) is 19.7 Å². The van der Waals surface area contributed by atoms with Gasteiger partial charge in [0.1, 0.15) is 17.5 Å². The summed E-state index contributed by atoms with van der Waals surface area (Å²) >= 11 is 0. The summed E-state index contributed by atoms with van der Waals surface area (Å²) in [4.78, 5) is 26.6. The van der Waals surface area contributed by atoms with Gasteiger partial charge in [0.2, 0.25) is 5.91 Å². The van der Waals surface area contributed by atoms with E-state index in [1.54, 1.807) is 9.47 Å². The van der Waals surface area contributed by atoms with E-state index in [1.165, 1.54) is 6.07 Å². The summed E-state index contributed by atoms with van der Waals surface area (Å²) in [7, 11) is 0. The Morgan fingerprint density at radius 2 is 1.90 bits per heavy atom. The predicted octanol–water partition coefficient (Wildman–Crippen LogP) is 3.17. The van der Waals surface area contributed by atoms with E-state index in [0.717, 1.165) is 36.2 Å². The van der Waals surface area contributed by atoms with Gasteiger partial charge in [0.05, 0.1) is 12.1 Å². The Hall–Kier alpha value is -3.29. The highest BCUT2D eigenvalue weighted by Gasteiger charge is 2.25. The highest BCUT2D eigenvalue weighted by molar-refractivity contribution is 5.78. The number of piperidine rings is 1. The molecule has 1 aliphatic heterocycles. The van der Waals surface area contributed by atoms with Crippen LogP contribution in [0.15, 0.2) is 47.3 Å². The third-order valence-corrected chi connectivity index (χ3v) is 5.89. The fourth-order valence-electron chi connectivity index (χ4n) is 4.11. The van der Waals surface area contributed by atoms with Crippen molar-refractivity contribution in [1.29, 1.82) is 0 Å². The first-order chi connectivity index (χ1) is 14.9. The summed E-state index contributed by atoms with van der Waals surface area (Å²) in [6, 6.07) is 10.9. The van der Waals surface area contributed by atoms with Crippen LogP contribution in [0.4, 0.5) is 8.78 Å². The van der Waals surface area contributed by atoms with Crippen LogP contribution < -0.4 is 5.69 Å². The Morgan fingerprint density at radius 3 is 2.61 bits per heavy atom. The number of amides is 1. The molecule has 1 aliphatic rings. The molecule has 1 N–H and O–H groups in total. The molecule has 3 aromatic rings. The van der Waals surface area contributed by atoms with Crippen LogP contribution in [0.5, 0.6) is 0 Å². The molecule has 1 fully saturated rings. The lowest BCUT2D eigenvalue weighted by atomic mass is 9.92. The third-order valence-electron chi connectivity index (χ3n) is 5.89. The first-order valence-corrected chi connectivity index (χ1v) is 10.4. The number of nitrogens with one attached hydrogen (secondary N) is 1. The Bertz CT molecular complexity index is 1150. The maximum Gasteiger partial charge on any atom is 0.347 e. The van der Waals surface area contributed by atoms with E-state index < -0.39 is 11.6 Å². The van der Waals surface area contributed by atoms with Crippen molar-refractivity contribution in [2.45, 2.75) is 32.6 Å². The van der Waals surface area contributed by atoms with E-state index >= 15 is 0 Å². The molecule has 1 saturated heterocycles. The summed E-state index contributed by atoms with van der Waals surface area (Å²) in [5.74, 6) is -0.560. The van der Waals surface area contributed by atoms with Gasteiger partial charge in [0.25, 0.3) is 0 Å². The van der Waals surface area contributed by atoms with Gasteiger partial charge in [-0.2, -0.15) is 5.10 Å². The Labute approximate surface area is 178 Å². The summed E-state index contributed by atoms with van der Waals surface area (Å²) in [6.07, 6.45) is 2.09. The van der Waals surface area contributed by atoms with Crippen molar-refractivity contribution in [2.24, 2.45) is 5.92 Å². The number of aromatic nitrogens is 3. The summed E-state index contributed by atoms with van der Waals surface area (Å²) in [5, 5.41) is 6.77. The summed E-state index contributed by atoms with van der Waals surface area (Å²) in [6.45, 7) is 3.07. The van der Waals surface area contributed by atoms with E-state index in [2.05, 4.69) is 10.2 Å². The second kappa shape index (κ2) is 8.83. The molecular formula is C23H24F2N4O2. The number of hydrogen-bond donors (Lipinski definition) is 1. The highest BCUT2D eigenvalue weighted by atomic mass is 19.1. The predicted molar refractivity (Wildman–Crippen MR) is 112 cm³/mol. The van der Waals surface area contributed by atoms with E-state index in [0.29, 0.717) is 25.3 Å². The molecule has 0 aliphatic carbocycles. The molecule has 0 spiro atoms. The van der Waals surface area contributed by atoms with Crippen molar-refractivity contribution >= 4 is 5.91 Å². The van der Waals surface area contributed by atoms with Crippen molar-refractivity contribution in [3.8, 4) is 5.69 Å². The lowest BCUT2D eigenvalue weighted by Gasteiger charge is -2.32. The minimum atomic E-state index is -0.698. The van der Waals surface area contributed by atoms with Crippen LogP contribution in [0, 0.1) is 24.5 Å². The number of carbonyl (C=O) groups excluding carboxylic acids is 1. The SMILES string of the molecule is Cc1ccccc1-n1c(CC2CCN(C(=O)Cc3ccc(F)cc3F)CC2)n[nH]c1=O. The van der Waals surface area contributed by atoms with Crippen molar-refractivity contribution in [2.75, 3.05) is 13.1 Å². The van der Waals surface area contributed by atoms with Crippen LogP contribution in [-0.2, 0) is 17.6 Å². The van der Waals surface area contributed by atoms with Gasteiger partial charge in [-0.3, -0.25) is 4.79 Å². The molecule has 31 heavy (non-hydrogen) atoms. The smallest absolute Gasteiger partial charge is 0.342 e. The molecule has 8 heteroatoms. The average molecular weight is 426 g/mol. The molecule has 2 aromatic carbocycles. The van der Waals surface area contributed by atoms with Gasteiger partial charge >= 0.3 is 5.69 Å². The molecular weight excluding hydrogens is 402 g/mol. The van der Waals surface area contributed by atoms with Crippen LogP contribution in [-0.4, -0.2) is 38.7 Å². The van der Waals surface area contributed by atoms with Crippen LogP contribution >= 0.6 is 0 Å². The Balaban J connectivity index is 1.39. The first-order valence-electron chi connectivity index (χ1n) is 10.4. The van der Waals surface area contributed by atoms with E-state index in [4.69, 9.17) is 0 Å². The van der Waals surface area contributed by atoms with Gasteiger partial charge in [-0.1, -0.05) is 24.3 Å². The van der Waals surface area contributed by atoms with Crippen LogP contribution in [0.3, 0.4) is 0 Å². The number of aryl methyl sites for hydroxylation is 1. The number of benzene rings is 2. The largest absolute Gasteiger partial charge is 0.347 e. The molecule has 2 heterocycles. The highest BCUT2D eigenvalue weighted by Crippen LogP contribution is 2.23. The number of H-pyrrole nitrogens is 1. The number of likely N-dealkylation sites (tertiary alicyclic amines) is 1. The molecule has 0 atom stereocenters. The number of carbonyl (C=O) groups is 1. The third kappa shape index (κ3) is 4.57. The molecule has 0 unspecified atom stereocenters. The molecule has 162 valence electrons. The number of nitrogens with zero attached hydrogens (tertiary/aromatic N) is 3. The minimum Gasteiger partial charge on any atom is -0.342 e. The van der Waals surface area contributed by atoms with Crippen molar-refractivity contribution in [3.05, 3.63) is 81.5 Å². The van der Waals surface area contributed by atoms with Crippen LogP contribution in [0.2, 0.25) is 0 Å². The second-order valence-electron chi connectivity index (χ2n) is 8.01. The number of halogens is 2. The zero-order valence-electron chi connectivity index (χ0n) is 17.3. The van der Waals surface area contributed by atoms with E-state index in [9.17, 15) is 18.4 Å². The minimum absolute atomic E-state index is 0.0804. The van der Waals surface area contributed by atoms with Crippen LogP contribution in [0.25, 0.3) is 5.69 Å². The van der Waals surface area contributed by atoms with Crippen molar-refractivity contribution in [3.63, 3.8) is 0 Å². The van der Waals surface area contributed by atoms with Gasteiger partial charge in [-0.25, -0.2) is 23.2 Å². The van der Waals surface area contributed by atoms with Gasteiger partial charge in [-0.15, -0.1) is 0 Å². The lowest BCUT2D eigenvalue weighted by molar-refractivity contribution is -0.131. The quantitative estimate of drug-likeness (QED) is 0.681. The second-order valence-corrected chi connectivity index (χ2v) is 8.01. The van der Waals surface area contributed by atoms with Gasteiger partial charge in [0.15, 0.2) is 0 Å². The summed E-state index contributed by atoms with van der Waals surface area (Å²) < 4.78 is 28.5. The number of aromatic amines is 1. The van der Waals surface area contributed by atoms with E-state index in [-0.39, 0.29) is 29.5 Å². The zero-order valence-corrected chi connectivity index (χ0v) is 17.3.